The smallest absolute Gasteiger partial charge is 0.118 e. The summed E-state index contributed by atoms with van der Waals surface area (Å²) in [5.41, 5.74) is 0.902. The molecule has 0 radical (unpaired) electrons. The third-order valence-electron chi connectivity index (χ3n) is 5.13. The molecule has 110 valence electrons. The number of rotatable bonds is 3. The van der Waals surface area contributed by atoms with Crippen LogP contribution in [0.25, 0.3) is 0 Å². The molecule has 20 heavy (non-hydrogen) atoms. The molecule has 1 saturated heterocycles. The molecule has 0 aromatic heterocycles. The van der Waals surface area contributed by atoms with Crippen LogP contribution in [0.5, 0.6) is 5.75 Å². The number of nitrogens with one attached hydrogen (secondary N) is 1. The average Bonchev–Trinajstić information content (AvgIpc) is 2.48. The molecule has 0 unspecified atom stereocenters. The predicted octanol–water partition coefficient (Wildman–Crippen LogP) is 2.52. The molecule has 3 heteroatoms. The van der Waals surface area contributed by atoms with Crippen molar-refractivity contribution in [3.63, 3.8) is 0 Å². The van der Waals surface area contributed by atoms with Gasteiger partial charge < -0.3 is 15.2 Å². The van der Waals surface area contributed by atoms with Gasteiger partial charge in [0, 0.05) is 12.0 Å². The van der Waals surface area contributed by atoms with Crippen molar-refractivity contribution in [2.75, 3.05) is 13.7 Å². The van der Waals surface area contributed by atoms with Gasteiger partial charge >= 0.3 is 0 Å². The van der Waals surface area contributed by atoms with Gasteiger partial charge in [-0.25, -0.2) is 0 Å². The number of hydrogen-bond donors (Lipinski definition) is 2. The van der Waals surface area contributed by atoms with Gasteiger partial charge in [-0.2, -0.15) is 0 Å². The molecule has 1 aromatic carbocycles. The molecule has 2 aliphatic rings. The Hall–Kier alpha value is -1.06. The Bertz CT molecular complexity index is 441. The first-order chi connectivity index (χ1) is 9.71. The molecule has 1 aromatic rings. The van der Waals surface area contributed by atoms with E-state index in [0.717, 1.165) is 38.0 Å². The lowest BCUT2D eigenvalue weighted by molar-refractivity contribution is -0.0850. The molecule has 3 rings (SSSR count). The van der Waals surface area contributed by atoms with Gasteiger partial charge in [-0.1, -0.05) is 25.0 Å². The number of fused-ring (bicyclic) bond motifs is 1. The van der Waals surface area contributed by atoms with E-state index in [1.165, 1.54) is 18.4 Å². The van der Waals surface area contributed by atoms with Crippen molar-refractivity contribution in [1.29, 1.82) is 0 Å². The largest absolute Gasteiger partial charge is 0.497 e. The number of ether oxygens (including phenoxy) is 1. The standard InChI is InChI=1S/C17H25NO2/c1-20-14-7-5-13(6-8-14)12-16-15-4-2-3-9-17(15,19)10-11-18-16/h5-8,15-16,18-19H,2-4,9-12H2,1H3/t15-,16-,17-/m0/s1. The fourth-order valence-corrected chi connectivity index (χ4v) is 3.98. The van der Waals surface area contributed by atoms with E-state index in [-0.39, 0.29) is 0 Å². The van der Waals surface area contributed by atoms with Crippen molar-refractivity contribution in [2.45, 2.75) is 50.2 Å². The fourth-order valence-electron chi connectivity index (χ4n) is 3.98. The third kappa shape index (κ3) is 2.70. The van der Waals surface area contributed by atoms with Crippen LogP contribution in [-0.4, -0.2) is 30.4 Å². The Morgan fingerprint density at radius 1 is 1.25 bits per heavy atom. The molecule has 1 aliphatic carbocycles. The van der Waals surface area contributed by atoms with Crippen LogP contribution in [0.2, 0.25) is 0 Å². The number of methoxy groups -OCH3 is 1. The summed E-state index contributed by atoms with van der Waals surface area (Å²) in [6, 6.07) is 8.72. The van der Waals surface area contributed by atoms with E-state index in [4.69, 9.17) is 4.74 Å². The molecule has 1 heterocycles. The molecule has 1 saturated carbocycles. The second-order valence-corrected chi connectivity index (χ2v) is 6.32. The lowest BCUT2D eigenvalue weighted by atomic mass is 9.67. The maximum absolute atomic E-state index is 10.9. The second-order valence-electron chi connectivity index (χ2n) is 6.32. The Kier molecular flexibility index (Phi) is 3.99. The van der Waals surface area contributed by atoms with Crippen LogP contribution in [-0.2, 0) is 6.42 Å². The van der Waals surface area contributed by atoms with Crippen molar-refractivity contribution in [2.24, 2.45) is 5.92 Å². The van der Waals surface area contributed by atoms with E-state index in [1.54, 1.807) is 7.11 Å². The fraction of sp³-hybridized carbons (Fsp3) is 0.647. The van der Waals surface area contributed by atoms with Crippen LogP contribution in [0.15, 0.2) is 24.3 Å². The zero-order valence-electron chi connectivity index (χ0n) is 12.3. The van der Waals surface area contributed by atoms with E-state index in [1.807, 2.05) is 12.1 Å². The molecule has 3 atom stereocenters. The molecule has 2 fully saturated rings. The summed E-state index contributed by atoms with van der Waals surface area (Å²) in [5.74, 6) is 1.31. The highest BCUT2D eigenvalue weighted by molar-refractivity contribution is 5.28. The maximum atomic E-state index is 10.9. The number of benzene rings is 1. The maximum Gasteiger partial charge on any atom is 0.118 e. The van der Waals surface area contributed by atoms with Crippen LogP contribution in [0.3, 0.4) is 0 Å². The zero-order valence-corrected chi connectivity index (χ0v) is 12.3. The summed E-state index contributed by atoms with van der Waals surface area (Å²) in [6.07, 6.45) is 6.49. The first-order valence-corrected chi connectivity index (χ1v) is 7.80. The Morgan fingerprint density at radius 2 is 2.05 bits per heavy atom. The van der Waals surface area contributed by atoms with E-state index < -0.39 is 5.60 Å². The molecule has 0 amide bonds. The normalized spacial score (nSPS) is 33.5. The van der Waals surface area contributed by atoms with Crippen molar-refractivity contribution in [1.82, 2.24) is 5.32 Å². The molecule has 0 spiro atoms. The molecule has 2 N–H and O–H groups in total. The molecule has 0 bridgehead atoms. The SMILES string of the molecule is COc1ccc(C[C@@H]2NCC[C@@]3(O)CCCC[C@@H]23)cc1. The van der Waals surface area contributed by atoms with Crippen molar-refractivity contribution >= 4 is 0 Å². The highest BCUT2D eigenvalue weighted by Gasteiger charge is 2.45. The van der Waals surface area contributed by atoms with Gasteiger partial charge in [-0.05, 0) is 49.9 Å². The lowest BCUT2D eigenvalue weighted by Crippen LogP contribution is -2.58. The Labute approximate surface area is 121 Å². The van der Waals surface area contributed by atoms with Crippen LogP contribution < -0.4 is 10.1 Å². The van der Waals surface area contributed by atoms with Crippen LogP contribution in [0, 0.1) is 5.92 Å². The monoisotopic (exact) mass is 275 g/mol. The van der Waals surface area contributed by atoms with E-state index >= 15 is 0 Å². The van der Waals surface area contributed by atoms with Crippen molar-refractivity contribution < 1.29 is 9.84 Å². The minimum Gasteiger partial charge on any atom is -0.497 e. The highest BCUT2D eigenvalue weighted by Crippen LogP contribution is 2.41. The summed E-state index contributed by atoms with van der Waals surface area (Å²) in [5, 5.41) is 14.5. The van der Waals surface area contributed by atoms with E-state index in [0.29, 0.717) is 12.0 Å². The quantitative estimate of drug-likeness (QED) is 0.890. The molecular weight excluding hydrogens is 250 g/mol. The van der Waals surface area contributed by atoms with Crippen molar-refractivity contribution in [3.05, 3.63) is 29.8 Å². The first-order valence-electron chi connectivity index (χ1n) is 7.80. The summed E-state index contributed by atoms with van der Waals surface area (Å²) in [6.45, 7) is 0.938. The summed E-state index contributed by atoms with van der Waals surface area (Å²) in [7, 11) is 1.69. The molecular formula is C17H25NO2. The van der Waals surface area contributed by atoms with Gasteiger partial charge in [0.25, 0.3) is 0 Å². The lowest BCUT2D eigenvalue weighted by Gasteiger charge is -2.48. The first kappa shape index (κ1) is 13.9. The van der Waals surface area contributed by atoms with Gasteiger partial charge in [0.05, 0.1) is 12.7 Å². The molecule has 3 nitrogen and oxygen atoms in total. The summed E-state index contributed by atoms with van der Waals surface area (Å²) >= 11 is 0. The third-order valence-corrected chi connectivity index (χ3v) is 5.13. The van der Waals surface area contributed by atoms with Crippen molar-refractivity contribution in [3.8, 4) is 5.75 Å². The molecule has 1 aliphatic heterocycles. The van der Waals surface area contributed by atoms with Crippen LogP contribution in [0.1, 0.15) is 37.7 Å². The summed E-state index contributed by atoms with van der Waals surface area (Å²) in [4.78, 5) is 0. The highest BCUT2D eigenvalue weighted by atomic mass is 16.5. The van der Waals surface area contributed by atoms with Gasteiger partial charge in [0.2, 0.25) is 0 Å². The van der Waals surface area contributed by atoms with Gasteiger partial charge in [0.1, 0.15) is 5.75 Å². The Balaban J connectivity index is 1.71. The number of piperidine rings is 1. The van der Waals surface area contributed by atoms with Gasteiger partial charge in [-0.3, -0.25) is 0 Å². The topological polar surface area (TPSA) is 41.5 Å². The Morgan fingerprint density at radius 3 is 2.80 bits per heavy atom. The zero-order chi connectivity index (χ0) is 14.0. The predicted molar refractivity (Wildman–Crippen MR) is 80.0 cm³/mol. The number of hydrogen-bond acceptors (Lipinski definition) is 3. The average molecular weight is 275 g/mol. The van der Waals surface area contributed by atoms with Crippen LogP contribution in [0.4, 0.5) is 0 Å². The number of aliphatic hydroxyl groups is 1. The van der Waals surface area contributed by atoms with E-state index in [2.05, 4.69) is 17.4 Å². The summed E-state index contributed by atoms with van der Waals surface area (Å²) < 4.78 is 5.21. The second kappa shape index (κ2) is 5.74. The minimum atomic E-state index is -0.416. The van der Waals surface area contributed by atoms with Crippen LogP contribution >= 0.6 is 0 Å². The minimum absolute atomic E-state index is 0.405. The van der Waals surface area contributed by atoms with E-state index in [9.17, 15) is 5.11 Å². The van der Waals surface area contributed by atoms with Gasteiger partial charge in [-0.15, -0.1) is 0 Å². The van der Waals surface area contributed by atoms with Gasteiger partial charge in [0.15, 0.2) is 0 Å².